The maximum Gasteiger partial charge on any atom is 0.127 e. The van der Waals surface area contributed by atoms with Crippen molar-refractivity contribution in [2.45, 2.75) is 38.0 Å². The van der Waals surface area contributed by atoms with Gasteiger partial charge in [0.2, 0.25) is 0 Å². The van der Waals surface area contributed by atoms with Crippen molar-refractivity contribution in [2.24, 2.45) is 0 Å². The summed E-state index contributed by atoms with van der Waals surface area (Å²) in [6.45, 7) is 2.38. The zero-order valence-electron chi connectivity index (χ0n) is 10.2. The van der Waals surface area contributed by atoms with Crippen molar-refractivity contribution in [2.75, 3.05) is 18.0 Å². The summed E-state index contributed by atoms with van der Waals surface area (Å²) in [4.78, 5) is 13.4. The zero-order valence-corrected chi connectivity index (χ0v) is 10.2. The SMILES string of the molecule is O=CC1CCc2cc(N3CCCCC3)ccc21. The minimum Gasteiger partial charge on any atom is -0.372 e. The van der Waals surface area contributed by atoms with Gasteiger partial charge in [0, 0.05) is 24.7 Å². The fraction of sp³-hybridized carbons (Fsp3) is 0.533. The van der Waals surface area contributed by atoms with E-state index in [0.29, 0.717) is 0 Å². The summed E-state index contributed by atoms with van der Waals surface area (Å²) in [5.74, 6) is 0.153. The van der Waals surface area contributed by atoms with Gasteiger partial charge in [-0.2, -0.15) is 0 Å². The van der Waals surface area contributed by atoms with Crippen LogP contribution in [0.15, 0.2) is 18.2 Å². The van der Waals surface area contributed by atoms with E-state index in [2.05, 4.69) is 23.1 Å². The largest absolute Gasteiger partial charge is 0.372 e. The normalized spacial score (nSPS) is 23.5. The number of carbonyl (C=O) groups excluding carboxylic acids is 1. The van der Waals surface area contributed by atoms with Crippen LogP contribution in [0, 0.1) is 0 Å². The van der Waals surface area contributed by atoms with Crippen LogP contribution < -0.4 is 4.90 Å². The standard InChI is InChI=1S/C15H19NO/c17-11-13-5-4-12-10-14(6-7-15(12)13)16-8-2-1-3-9-16/h6-7,10-11,13H,1-5,8-9H2. The van der Waals surface area contributed by atoms with Crippen LogP contribution in [0.1, 0.15) is 42.7 Å². The molecule has 0 spiro atoms. The molecule has 1 aromatic carbocycles. The third kappa shape index (κ3) is 1.97. The quantitative estimate of drug-likeness (QED) is 0.727. The van der Waals surface area contributed by atoms with E-state index < -0.39 is 0 Å². The third-order valence-electron chi connectivity index (χ3n) is 4.14. The van der Waals surface area contributed by atoms with Gasteiger partial charge in [0.05, 0.1) is 0 Å². The van der Waals surface area contributed by atoms with E-state index in [0.717, 1.165) is 19.1 Å². The highest BCUT2D eigenvalue weighted by Crippen LogP contribution is 2.34. The van der Waals surface area contributed by atoms with E-state index in [-0.39, 0.29) is 5.92 Å². The molecule has 1 saturated heterocycles. The average Bonchev–Trinajstić information content (AvgIpc) is 2.81. The molecule has 2 heteroatoms. The number of aryl methyl sites for hydroxylation is 1. The first-order chi connectivity index (χ1) is 8.38. The highest BCUT2D eigenvalue weighted by molar-refractivity contribution is 5.67. The zero-order chi connectivity index (χ0) is 11.7. The lowest BCUT2D eigenvalue weighted by molar-refractivity contribution is -0.109. The van der Waals surface area contributed by atoms with Gasteiger partial charge in [0.25, 0.3) is 0 Å². The van der Waals surface area contributed by atoms with Crippen LogP contribution in [0.3, 0.4) is 0 Å². The Balaban J connectivity index is 1.86. The van der Waals surface area contributed by atoms with Gasteiger partial charge in [-0.3, -0.25) is 0 Å². The third-order valence-corrected chi connectivity index (χ3v) is 4.14. The number of hydrogen-bond acceptors (Lipinski definition) is 2. The van der Waals surface area contributed by atoms with Crippen LogP contribution in [0.2, 0.25) is 0 Å². The van der Waals surface area contributed by atoms with Gasteiger partial charge in [-0.25, -0.2) is 0 Å². The van der Waals surface area contributed by atoms with E-state index in [1.54, 1.807) is 0 Å². The molecule has 2 nitrogen and oxygen atoms in total. The molecule has 1 fully saturated rings. The van der Waals surface area contributed by atoms with Gasteiger partial charge in [-0.1, -0.05) is 6.07 Å². The predicted octanol–water partition coefficient (Wildman–Crippen LogP) is 2.91. The topological polar surface area (TPSA) is 20.3 Å². The lowest BCUT2D eigenvalue weighted by atomic mass is 10.0. The van der Waals surface area contributed by atoms with Crippen molar-refractivity contribution in [1.82, 2.24) is 0 Å². The summed E-state index contributed by atoms with van der Waals surface area (Å²) in [6.07, 6.45) is 7.17. The Morgan fingerprint density at radius 1 is 1.18 bits per heavy atom. The number of piperidine rings is 1. The number of anilines is 1. The van der Waals surface area contributed by atoms with E-state index in [1.165, 1.54) is 49.2 Å². The number of nitrogens with zero attached hydrogens (tertiary/aromatic N) is 1. The van der Waals surface area contributed by atoms with Crippen LogP contribution in [0.4, 0.5) is 5.69 Å². The number of carbonyl (C=O) groups is 1. The molecule has 0 aromatic heterocycles. The van der Waals surface area contributed by atoms with Crippen LogP contribution in [-0.4, -0.2) is 19.4 Å². The highest BCUT2D eigenvalue weighted by atomic mass is 16.1. The van der Waals surface area contributed by atoms with Gasteiger partial charge >= 0.3 is 0 Å². The molecule has 3 rings (SSSR count). The fourth-order valence-corrected chi connectivity index (χ4v) is 3.13. The van der Waals surface area contributed by atoms with Crippen LogP contribution in [-0.2, 0) is 11.2 Å². The second-order valence-corrected chi connectivity index (χ2v) is 5.21. The van der Waals surface area contributed by atoms with Crippen molar-refractivity contribution >= 4 is 12.0 Å². The Bertz CT molecular complexity index is 421. The second kappa shape index (κ2) is 4.52. The molecule has 1 aromatic rings. The average molecular weight is 229 g/mol. The van der Waals surface area contributed by atoms with E-state index >= 15 is 0 Å². The molecule has 2 aliphatic rings. The summed E-state index contributed by atoms with van der Waals surface area (Å²) < 4.78 is 0. The molecule has 17 heavy (non-hydrogen) atoms. The van der Waals surface area contributed by atoms with Gasteiger partial charge < -0.3 is 9.69 Å². The lowest BCUT2D eigenvalue weighted by Crippen LogP contribution is -2.29. The molecule has 0 saturated carbocycles. The summed E-state index contributed by atoms with van der Waals surface area (Å²) in [7, 11) is 0. The maximum atomic E-state index is 10.9. The molecular weight excluding hydrogens is 210 g/mol. The Kier molecular flexibility index (Phi) is 2.87. The fourth-order valence-electron chi connectivity index (χ4n) is 3.13. The summed E-state index contributed by atoms with van der Waals surface area (Å²) in [5.41, 5.74) is 4.01. The van der Waals surface area contributed by atoms with Gasteiger partial charge in [0.1, 0.15) is 6.29 Å². The molecule has 0 amide bonds. The Morgan fingerprint density at radius 3 is 2.76 bits per heavy atom. The summed E-state index contributed by atoms with van der Waals surface area (Å²) in [6, 6.07) is 6.68. The van der Waals surface area contributed by atoms with Crippen molar-refractivity contribution in [3.63, 3.8) is 0 Å². The molecule has 0 bridgehead atoms. The van der Waals surface area contributed by atoms with Crippen LogP contribution in [0.25, 0.3) is 0 Å². The first kappa shape index (κ1) is 10.8. The minimum atomic E-state index is 0.153. The Morgan fingerprint density at radius 2 is 2.00 bits per heavy atom. The van der Waals surface area contributed by atoms with Crippen molar-refractivity contribution in [3.8, 4) is 0 Å². The molecule has 1 heterocycles. The predicted molar refractivity (Wildman–Crippen MR) is 69.6 cm³/mol. The number of hydrogen-bond donors (Lipinski definition) is 0. The maximum absolute atomic E-state index is 10.9. The number of fused-ring (bicyclic) bond motifs is 1. The van der Waals surface area contributed by atoms with E-state index in [4.69, 9.17) is 0 Å². The van der Waals surface area contributed by atoms with E-state index in [9.17, 15) is 4.79 Å². The molecule has 1 unspecified atom stereocenters. The number of rotatable bonds is 2. The van der Waals surface area contributed by atoms with Crippen molar-refractivity contribution in [3.05, 3.63) is 29.3 Å². The minimum absolute atomic E-state index is 0.153. The lowest BCUT2D eigenvalue weighted by Gasteiger charge is -2.29. The first-order valence-electron chi connectivity index (χ1n) is 6.71. The molecule has 1 aliphatic carbocycles. The Hall–Kier alpha value is -1.31. The summed E-state index contributed by atoms with van der Waals surface area (Å²) >= 11 is 0. The summed E-state index contributed by atoms with van der Waals surface area (Å²) in [5, 5.41) is 0. The second-order valence-electron chi connectivity index (χ2n) is 5.21. The smallest absolute Gasteiger partial charge is 0.127 e. The van der Waals surface area contributed by atoms with Crippen molar-refractivity contribution < 1.29 is 4.79 Å². The van der Waals surface area contributed by atoms with Crippen molar-refractivity contribution in [1.29, 1.82) is 0 Å². The van der Waals surface area contributed by atoms with Crippen LogP contribution >= 0.6 is 0 Å². The molecule has 0 radical (unpaired) electrons. The number of aldehydes is 1. The molecule has 1 atom stereocenters. The molecular formula is C15H19NO. The molecule has 90 valence electrons. The van der Waals surface area contributed by atoms with Gasteiger partial charge in [-0.05, 0) is 55.4 Å². The molecule has 1 aliphatic heterocycles. The monoisotopic (exact) mass is 229 g/mol. The first-order valence-corrected chi connectivity index (χ1v) is 6.71. The highest BCUT2D eigenvalue weighted by Gasteiger charge is 2.22. The molecule has 0 N–H and O–H groups in total. The number of benzene rings is 1. The Labute approximate surface area is 103 Å². The van der Waals surface area contributed by atoms with E-state index in [1.807, 2.05) is 0 Å². The van der Waals surface area contributed by atoms with Gasteiger partial charge in [-0.15, -0.1) is 0 Å². The van der Waals surface area contributed by atoms with Gasteiger partial charge in [0.15, 0.2) is 0 Å². The van der Waals surface area contributed by atoms with Crippen LogP contribution in [0.5, 0.6) is 0 Å².